The van der Waals surface area contributed by atoms with Gasteiger partial charge >= 0.3 is 0 Å². The zero-order valence-electron chi connectivity index (χ0n) is 9.27. The molecule has 0 unspecified atom stereocenters. The molecule has 0 radical (unpaired) electrons. The average Bonchev–Trinajstić information content (AvgIpc) is 2.72. The molecule has 0 saturated heterocycles. The molecule has 3 rings (SSSR count). The van der Waals surface area contributed by atoms with Gasteiger partial charge in [0.1, 0.15) is 5.01 Å². The molecule has 1 nitrogen and oxygen atoms in total. The molecule has 17 heavy (non-hydrogen) atoms. The molecule has 0 bridgehead atoms. The quantitative estimate of drug-likeness (QED) is 0.614. The van der Waals surface area contributed by atoms with Crippen molar-refractivity contribution in [1.82, 2.24) is 4.98 Å². The minimum absolute atomic E-state index is 1.06. The first-order valence-corrected chi connectivity index (χ1v) is 6.96. The van der Waals surface area contributed by atoms with Crippen molar-refractivity contribution in [2.45, 2.75) is 6.92 Å². The highest BCUT2D eigenvalue weighted by atomic mass is 79.9. The van der Waals surface area contributed by atoms with Gasteiger partial charge in [0.2, 0.25) is 0 Å². The Balaban J connectivity index is 2.18. The van der Waals surface area contributed by atoms with Crippen LogP contribution in [0.4, 0.5) is 0 Å². The van der Waals surface area contributed by atoms with Gasteiger partial charge in [0, 0.05) is 10.0 Å². The van der Waals surface area contributed by atoms with Crippen LogP contribution in [0.15, 0.2) is 46.9 Å². The lowest BCUT2D eigenvalue weighted by Gasteiger charge is -1.96. The summed E-state index contributed by atoms with van der Waals surface area (Å²) in [5.74, 6) is 0. The van der Waals surface area contributed by atoms with E-state index in [2.05, 4.69) is 64.2 Å². The average molecular weight is 304 g/mol. The lowest BCUT2D eigenvalue weighted by Crippen LogP contribution is -1.77. The van der Waals surface area contributed by atoms with Gasteiger partial charge in [0.05, 0.1) is 10.2 Å². The van der Waals surface area contributed by atoms with Crippen LogP contribution in [0.3, 0.4) is 0 Å². The summed E-state index contributed by atoms with van der Waals surface area (Å²) in [6, 6.07) is 14.7. The monoisotopic (exact) mass is 303 g/mol. The van der Waals surface area contributed by atoms with Crippen LogP contribution < -0.4 is 0 Å². The number of halogens is 1. The van der Waals surface area contributed by atoms with Crippen molar-refractivity contribution in [1.29, 1.82) is 0 Å². The second-order valence-electron chi connectivity index (χ2n) is 4.00. The van der Waals surface area contributed by atoms with E-state index in [1.807, 2.05) is 6.07 Å². The molecule has 0 amide bonds. The topological polar surface area (TPSA) is 12.9 Å². The summed E-state index contributed by atoms with van der Waals surface area (Å²) in [6.45, 7) is 2.10. The number of thiazole rings is 1. The molecular formula is C14H10BrNS. The molecule has 1 aromatic heterocycles. The van der Waals surface area contributed by atoms with Crippen molar-refractivity contribution < 1.29 is 0 Å². The molecule has 84 valence electrons. The smallest absolute Gasteiger partial charge is 0.124 e. The second-order valence-corrected chi connectivity index (χ2v) is 5.95. The van der Waals surface area contributed by atoms with Crippen LogP contribution in [0, 0.1) is 6.92 Å². The Bertz CT molecular complexity index is 688. The molecule has 0 aliphatic rings. The van der Waals surface area contributed by atoms with E-state index in [1.165, 1.54) is 15.8 Å². The minimum atomic E-state index is 1.06. The fourth-order valence-electron chi connectivity index (χ4n) is 1.80. The first-order valence-electron chi connectivity index (χ1n) is 5.35. The van der Waals surface area contributed by atoms with Gasteiger partial charge in [0.25, 0.3) is 0 Å². The van der Waals surface area contributed by atoms with Gasteiger partial charge in [-0.25, -0.2) is 4.98 Å². The van der Waals surface area contributed by atoms with Crippen molar-refractivity contribution in [3.8, 4) is 10.6 Å². The van der Waals surface area contributed by atoms with E-state index in [-0.39, 0.29) is 0 Å². The Morgan fingerprint density at radius 3 is 2.82 bits per heavy atom. The number of nitrogens with zero attached hydrogens (tertiary/aromatic N) is 1. The number of hydrogen-bond acceptors (Lipinski definition) is 2. The van der Waals surface area contributed by atoms with Crippen LogP contribution in [-0.2, 0) is 0 Å². The maximum atomic E-state index is 4.66. The molecule has 0 atom stereocenters. The summed E-state index contributed by atoms with van der Waals surface area (Å²) in [5, 5.41) is 1.09. The van der Waals surface area contributed by atoms with Crippen LogP contribution >= 0.6 is 27.3 Å². The van der Waals surface area contributed by atoms with Crippen molar-refractivity contribution in [3.63, 3.8) is 0 Å². The largest absolute Gasteiger partial charge is 0.236 e. The second kappa shape index (κ2) is 4.24. The molecule has 0 fully saturated rings. The lowest BCUT2D eigenvalue weighted by molar-refractivity contribution is 1.43. The van der Waals surface area contributed by atoms with Crippen LogP contribution in [-0.4, -0.2) is 4.98 Å². The zero-order valence-corrected chi connectivity index (χ0v) is 11.7. The fraction of sp³-hybridized carbons (Fsp3) is 0.0714. The third-order valence-electron chi connectivity index (χ3n) is 2.62. The minimum Gasteiger partial charge on any atom is -0.236 e. The number of benzene rings is 2. The molecular weight excluding hydrogens is 294 g/mol. The highest BCUT2D eigenvalue weighted by Gasteiger charge is 2.06. The molecule has 0 aliphatic heterocycles. The van der Waals surface area contributed by atoms with Gasteiger partial charge in [-0.3, -0.25) is 0 Å². The third-order valence-corrected chi connectivity index (χ3v) is 4.18. The molecule has 0 N–H and O–H groups in total. The highest BCUT2D eigenvalue weighted by Crippen LogP contribution is 2.31. The molecule has 3 aromatic rings. The van der Waals surface area contributed by atoms with Crippen molar-refractivity contribution >= 4 is 37.5 Å². The summed E-state index contributed by atoms with van der Waals surface area (Å²) >= 11 is 5.22. The first-order chi connectivity index (χ1) is 8.22. The highest BCUT2D eigenvalue weighted by molar-refractivity contribution is 9.10. The maximum Gasteiger partial charge on any atom is 0.124 e. The van der Waals surface area contributed by atoms with Gasteiger partial charge in [-0.2, -0.15) is 0 Å². The summed E-state index contributed by atoms with van der Waals surface area (Å²) in [5.41, 5.74) is 3.53. The third kappa shape index (κ3) is 2.13. The molecule has 0 spiro atoms. The molecule has 0 aliphatic carbocycles. The van der Waals surface area contributed by atoms with Crippen LogP contribution in [0.1, 0.15) is 5.56 Å². The lowest BCUT2D eigenvalue weighted by atomic mass is 10.1. The van der Waals surface area contributed by atoms with Gasteiger partial charge in [0.15, 0.2) is 0 Å². The van der Waals surface area contributed by atoms with Crippen LogP contribution in [0.2, 0.25) is 0 Å². The SMILES string of the molecule is Cc1cccc(-c2nc3ccc(Br)cc3s2)c1. The van der Waals surface area contributed by atoms with E-state index in [1.54, 1.807) is 11.3 Å². The number of hydrogen-bond donors (Lipinski definition) is 0. The van der Waals surface area contributed by atoms with Gasteiger partial charge in [-0.1, -0.05) is 39.7 Å². The van der Waals surface area contributed by atoms with E-state index < -0.39 is 0 Å². The first kappa shape index (κ1) is 10.9. The number of rotatable bonds is 1. The number of aromatic nitrogens is 1. The Morgan fingerprint density at radius 2 is 2.00 bits per heavy atom. The van der Waals surface area contributed by atoms with Crippen molar-refractivity contribution in [3.05, 3.63) is 52.5 Å². The molecule has 0 saturated carbocycles. The standard InChI is InChI=1S/C14H10BrNS/c1-9-3-2-4-10(7-9)14-16-12-6-5-11(15)8-13(12)17-14/h2-8H,1H3. The van der Waals surface area contributed by atoms with Gasteiger partial charge < -0.3 is 0 Å². The van der Waals surface area contributed by atoms with E-state index in [0.29, 0.717) is 0 Å². The van der Waals surface area contributed by atoms with E-state index >= 15 is 0 Å². The number of aryl methyl sites for hydroxylation is 1. The summed E-state index contributed by atoms with van der Waals surface area (Å²) in [7, 11) is 0. The van der Waals surface area contributed by atoms with E-state index in [0.717, 1.165) is 15.0 Å². The molecule has 3 heteroatoms. The van der Waals surface area contributed by atoms with E-state index in [4.69, 9.17) is 0 Å². The Kier molecular flexibility index (Phi) is 2.73. The molecule has 2 aromatic carbocycles. The summed E-state index contributed by atoms with van der Waals surface area (Å²) < 4.78 is 2.32. The fourth-order valence-corrected chi connectivity index (χ4v) is 3.31. The van der Waals surface area contributed by atoms with Crippen molar-refractivity contribution in [2.75, 3.05) is 0 Å². The van der Waals surface area contributed by atoms with Crippen LogP contribution in [0.25, 0.3) is 20.8 Å². The zero-order chi connectivity index (χ0) is 11.8. The Hall–Kier alpha value is -1.19. The van der Waals surface area contributed by atoms with E-state index in [9.17, 15) is 0 Å². The van der Waals surface area contributed by atoms with Gasteiger partial charge in [-0.15, -0.1) is 11.3 Å². The Morgan fingerprint density at radius 1 is 1.12 bits per heavy atom. The maximum absolute atomic E-state index is 4.66. The molecule has 1 heterocycles. The van der Waals surface area contributed by atoms with Crippen LogP contribution in [0.5, 0.6) is 0 Å². The predicted octanol–water partition coefficient (Wildman–Crippen LogP) is 5.03. The Labute approximate surface area is 112 Å². The van der Waals surface area contributed by atoms with Gasteiger partial charge in [-0.05, 0) is 31.2 Å². The predicted molar refractivity (Wildman–Crippen MR) is 77.5 cm³/mol. The summed E-state index contributed by atoms with van der Waals surface area (Å²) in [4.78, 5) is 4.66. The van der Waals surface area contributed by atoms with Crippen molar-refractivity contribution in [2.24, 2.45) is 0 Å². The normalized spacial score (nSPS) is 10.9. The number of fused-ring (bicyclic) bond motifs is 1. The summed E-state index contributed by atoms with van der Waals surface area (Å²) in [6.07, 6.45) is 0.